The molecule has 0 aliphatic rings. The van der Waals surface area contributed by atoms with E-state index in [1.165, 1.54) is 4.68 Å². The largest absolute Gasteiger partial charge is 0.497 e. The van der Waals surface area contributed by atoms with Crippen LogP contribution in [0.25, 0.3) is 0 Å². The highest BCUT2D eigenvalue weighted by Crippen LogP contribution is 2.19. The van der Waals surface area contributed by atoms with E-state index in [0.717, 1.165) is 5.56 Å². The average molecular weight is 347 g/mol. The van der Waals surface area contributed by atoms with Crippen molar-refractivity contribution in [3.63, 3.8) is 0 Å². The van der Waals surface area contributed by atoms with Crippen molar-refractivity contribution < 1.29 is 19.4 Å². The minimum absolute atomic E-state index is 0.279. The standard InChI is InChI=1S/C16H21N5O4/c1-4-13(16(23)24)17-15(22)14(21-10(2)18-19-20-21)9-11-6-5-7-12(8-11)25-3/h5-8,13-14H,4,9H2,1-3H3,(H,17,22)(H,23,24). The number of hydrogen-bond donors (Lipinski definition) is 2. The van der Waals surface area contributed by atoms with Gasteiger partial charge in [0.2, 0.25) is 5.91 Å². The molecule has 1 aromatic heterocycles. The molecule has 0 radical (unpaired) electrons. The van der Waals surface area contributed by atoms with Crippen molar-refractivity contribution >= 4 is 11.9 Å². The van der Waals surface area contributed by atoms with E-state index in [9.17, 15) is 9.59 Å². The Bertz CT molecular complexity index is 746. The van der Waals surface area contributed by atoms with Gasteiger partial charge in [-0.2, -0.15) is 0 Å². The van der Waals surface area contributed by atoms with E-state index in [0.29, 0.717) is 18.0 Å². The normalized spacial score (nSPS) is 13.1. The molecule has 0 spiro atoms. The van der Waals surface area contributed by atoms with E-state index in [1.807, 2.05) is 18.2 Å². The number of nitrogens with zero attached hydrogens (tertiary/aromatic N) is 4. The van der Waals surface area contributed by atoms with Crippen molar-refractivity contribution in [3.05, 3.63) is 35.7 Å². The van der Waals surface area contributed by atoms with Gasteiger partial charge in [-0.1, -0.05) is 19.1 Å². The molecule has 2 rings (SSSR count). The van der Waals surface area contributed by atoms with Gasteiger partial charge in [0.25, 0.3) is 0 Å². The Kier molecular flexibility index (Phi) is 6.04. The summed E-state index contributed by atoms with van der Waals surface area (Å²) in [5.74, 6) is -0.398. The number of carboxylic acids is 1. The van der Waals surface area contributed by atoms with Crippen LogP contribution in [0.15, 0.2) is 24.3 Å². The summed E-state index contributed by atoms with van der Waals surface area (Å²) in [6, 6.07) is 5.57. The van der Waals surface area contributed by atoms with Crippen LogP contribution in [0.2, 0.25) is 0 Å². The highest BCUT2D eigenvalue weighted by molar-refractivity contribution is 5.86. The van der Waals surface area contributed by atoms with Crippen molar-refractivity contribution in [2.75, 3.05) is 7.11 Å². The molecule has 25 heavy (non-hydrogen) atoms. The zero-order valence-electron chi connectivity index (χ0n) is 14.3. The van der Waals surface area contributed by atoms with Gasteiger partial charge in [0.15, 0.2) is 0 Å². The number of aliphatic carboxylic acids is 1. The maximum Gasteiger partial charge on any atom is 0.326 e. The Morgan fingerprint density at radius 3 is 2.72 bits per heavy atom. The van der Waals surface area contributed by atoms with E-state index >= 15 is 0 Å². The van der Waals surface area contributed by atoms with Crippen molar-refractivity contribution in [2.45, 2.75) is 38.8 Å². The van der Waals surface area contributed by atoms with Crippen LogP contribution < -0.4 is 10.1 Å². The SMILES string of the molecule is CCC(NC(=O)C(Cc1cccc(OC)c1)n1nnnc1C)C(=O)O. The second-order valence-electron chi connectivity index (χ2n) is 5.55. The third-order valence-corrected chi connectivity index (χ3v) is 3.84. The minimum atomic E-state index is -1.08. The maximum absolute atomic E-state index is 12.7. The molecule has 1 aromatic carbocycles. The molecule has 1 amide bonds. The van der Waals surface area contributed by atoms with Crippen molar-refractivity contribution in [3.8, 4) is 5.75 Å². The van der Waals surface area contributed by atoms with Crippen LogP contribution in [-0.2, 0) is 16.0 Å². The molecule has 9 nitrogen and oxygen atoms in total. The van der Waals surface area contributed by atoms with E-state index in [4.69, 9.17) is 9.84 Å². The van der Waals surface area contributed by atoms with Crippen LogP contribution in [0, 0.1) is 6.92 Å². The van der Waals surface area contributed by atoms with Gasteiger partial charge in [-0.3, -0.25) is 4.79 Å². The number of ether oxygens (including phenoxy) is 1. The molecule has 0 fully saturated rings. The van der Waals surface area contributed by atoms with Gasteiger partial charge in [-0.15, -0.1) is 5.10 Å². The highest BCUT2D eigenvalue weighted by atomic mass is 16.5. The Balaban J connectivity index is 2.28. The number of benzene rings is 1. The number of nitrogens with one attached hydrogen (secondary N) is 1. The quantitative estimate of drug-likeness (QED) is 0.723. The van der Waals surface area contributed by atoms with E-state index in [2.05, 4.69) is 20.8 Å². The van der Waals surface area contributed by atoms with Crippen LogP contribution in [0.1, 0.15) is 30.8 Å². The maximum atomic E-state index is 12.7. The molecule has 0 saturated heterocycles. The number of hydrogen-bond acceptors (Lipinski definition) is 6. The van der Waals surface area contributed by atoms with Gasteiger partial charge < -0.3 is 15.2 Å². The van der Waals surface area contributed by atoms with Crippen LogP contribution in [0.4, 0.5) is 0 Å². The molecule has 2 aromatic rings. The number of carbonyl (C=O) groups excluding carboxylic acids is 1. The number of carbonyl (C=O) groups is 2. The summed E-state index contributed by atoms with van der Waals surface area (Å²) in [6.07, 6.45) is 0.576. The lowest BCUT2D eigenvalue weighted by atomic mass is 10.0. The summed E-state index contributed by atoms with van der Waals surface area (Å²) < 4.78 is 6.59. The number of aryl methyl sites for hydroxylation is 1. The molecule has 2 atom stereocenters. The van der Waals surface area contributed by atoms with Crippen LogP contribution in [0.3, 0.4) is 0 Å². The summed E-state index contributed by atoms with van der Waals surface area (Å²) in [7, 11) is 1.56. The smallest absolute Gasteiger partial charge is 0.326 e. The summed E-state index contributed by atoms with van der Waals surface area (Å²) in [5.41, 5.74) is 0.845. The van der Waals surface area contributed by atoms with Gasteiger partial charge >= 0.3 is 5.97 Å². The van der Waals surface area contributed by atoms with Crippen molar-refractivity contribution in [1.29, 1.82) is 0 Å². The number of amides is 1. The number of carboxylic acid groups (broad SMARTS) is 1. The molecule has 0 saturated carbocycles. The number of tetrazole rings is 1. The van der Waals surface area contributed by atoms with Crippen molar-refractivity contribution in [2.24, 2.45) is 0 Å². The summed E-state index contributed by atoms with van der Waals surface area (Å²) in [6.45, 7) is 3.37. The first-order valence-corrected chi connectivity index (χ1v) is 7.86. The van der Waals surface area contributed by atoms with Crippen LogP contribution in [-0.4, -0.2) is 50.3 Å². The zero-order valence-corrected chi connectivity index (χ0v) is 14.3. The van der Waals surface area contributed by atoms with Gasteiger partial charge in [-0.05, 0) is 41.5 Å². The monoisotopic (exact) mass is 347 g/mol. The van der Waals surface area contributed by atoms with Gasteiger partial charge in [0.05, 0.1) is 7.11 Å². The third kappa shape index (κ3) is 4.52. The molecule has 0 aliphatic carbocycles. The Labute approximate surface area is 145 Å². The van der Waals surface area contributed by atoms with Crippen LogP contribution in [0.5, 0.6) is 5.75 Å². The first kappa shape index (κ1) is 18.4. The first-order chi connectivity index (χ1) is 12.0. The lowest BCUT2D eigenvalue weighted by Gasteiger charge is -2.20. The molecule has 1 heterocycles. The van der Waals surface area contributed by atoms with Gasteiger partial charge in [-0.25, -0.2) is 9.48 Å². The lowest BCUT2D eigenvalue weighted by Crippen LogP contribution is -2.44. The third-order valence-electron chi connectivity index (χ3n) is 3.84. The fraction of sp³-hybridized carbons (Fsp3) is 0.438. The predicted octanol–water partition coefficient (Wildman–Crippen LogP) is 0.753. The Morgan fingerprint density at radius 1 is 1.40 bits per heavy atom. The summed E-state index contributed by atoms with van der Waals surface area (Å²) in [4.78, 5) is 23.9. The second kappa shape index (κ2) is 8.22. The average Bonchev–Trinajstić information content (AvgIpc) is 3.02. The second-order valence-corrected chi connectivity index (χ2v) is 5.55. The zero-order chi connectivity index (χ0) is 18.4. The molecular weight excluding hydrogens is 326 g/mol. The fourth-order valence-corrected chi connectivity index (χ4v) is 2.45. The number of rotatable bonds is 8. The van der Waals surface area contributed by atoms with Gasteiger partial charge in [0.1, 0.15) is 23.7 Å². The molecule has 0 bridgehead atoms. The lowest BCUT2D eigenvalue weighted by molar-refractivity contribution is -0.142. The van der Waals surface area contributed by atoms with E-state index < -0.39 is 24.0 Å². The molecule has 2 unspecified atom stereocenters. The molecular formula is C16H21N5O4. The minimum Gasteiger partial charge on any atom is -0.497 e. The summed E-state index contributed by atoms with van der Waals surface area (Å²) >= 11 is 0. The predicted molar refractivity (Wildman–Crippen MR) is 88.1 cm³/mol. The summed E-state index contributed by atoms with van der Waals surface area (Å²) in [5, 5.41) is 23.0. The molecule has 0 aliphatic heterocycles. The fourth-order valence-electron chi connectivity index (χ4n) is 2.45. The van der Waals surface area contributed by atoms with E-state index in [1.54, 1.807) is 27.0 Å². The van der Waals surface area contributed by atoms with Crippen molar-refractivity contribution in [1.82, 2.24) is 25.5 Å². The molecule has 2 N–H and O–H groups in total. The first-order valence-electron chi connectivity index (χ1n) is 7.86. The number of methoxy groups -OCH3 is 1. The topological polar surface area (TPSA) is 119 Å². The molecule has 9 heteroatoms. The van der Waals surface area contributed by atoms with Gasteiger partial charge in [0, 0.05) is 6.42 Å². The molecule has 134 valence electrons. The Hall–Kier alpha value is -2.97. The Morgan fingerprint density at radius 2 is 2.16 bits per heavy atom. The van der Waals surface area contributed by atoms with E-state index in [-0.39, 0.29) is 6.42 Å². The van der Waals surface area contributed by atoms with Crippen LogP contribution >= 0.6 is 0 Å². The highest BCUT2D eigenvalue weighted by Gasteiger charge is 2.28. The number of aromatic nitrogens is 4.